The summed E-state index contributed by atoms with van der Waals surface area (Å²) in [5.41, 5.74) is 2.55. The van der Waals surface area contributed by atoms with E-state index in [-0.39, 0.29) is 5.69 Å². The number of hydrogen-bond donors (Lipinski definition) is 0. The monoisotopic (exact) mass is 265 g/mol. The summed E-state index contributed by atoms with van der Waals surface area (Å²) in [6, 6.07) is 12.4. The van der Waals surface area contributed by atoms with Crippen molar-refractivity contribution < 1.29 is 4.92 Å². The number of aryl methyl sites for hydroxylation is 1. The fourth-order valence-corrected chi connectivity index (χ4v) is 2.62. The lowest BCUT2D eigenvalue weighted by Gasteiger charge is -2.02. The number of benzene rings is 2. The predicted octanol–water partition coefficient (Wildman–Crippen LogP) is 3.59. The summed E-state index contributed by atoms with van der Waals surface area (Å²) in [4.78, 5) is 10.5. The van der Waals surface area contributed by atoms with Gasteiger partial charge >= 0.3 is 0 Å². The van der Waals surface area contributed by atoms with Gasteiger partial charge in [-0.15, -0.1) is 0 Å². The highest BCUT2D eigenvalue weighted by Crippen LogP contribution is 2.32. The maximum absolute atomic E-state index is 10.9. The molecule has 1 heterocycles. The molecule has 0 aliphatic heterocycles. The molecule has 98 valence electrons. The van der Waals surface area contributed by atoms with Crippen molar-refractivity contribution in [2.24, 2.45) is 0 Å². The Balaban J connectivity index is 2.48. The van der Waals surface area contributed by atoms with Crippen LogP contribution in [-0.2, 0) is 6.54 Å². The summed E-state index contributed by atoms with van der Waals surface area (Å²) >= 11 is 0. The van der Waals surface area contributed by atoms with E-state index in [4.69, 9.17) is 5.26 Å². The number of rotatable bonds is 2. The van der Waals surface area contributed by atoms with Crippen LogP contribution >= 0.6 is 0 Å². The van der Waals surface area contributed by atoms with Crippen LogP contribution in [0.1, 0.15) is 12.5 Å². The Hall–Kier alpha value is -2.87. The van der Waals surface area contributed by atoms with E-state index in [9.17, 15) is 10.1 Å². The Bertz CT molecular complexity index is 887. The van der Waals surface area contributed by atoms with Gasteiger partial charge in [-0.2, -0.15) is 5.26 Å². The molecule has 20 heavy (non-hydrogen) atoms. The third-order valence-corrected chi connectivity index (χ3v) is 3.50. The Labute approximate surface area is 114 Å². The number of nitriles is 1. The molecule has 1 aromatic heterocycles. The standard InChI is InChI=1S/C15H11N3O2/c1-2-17-14-5-3-10(9-16)7-12(14)13-8-11(18(19)20)4-6-15(13)17/h3-8H,2H2,1H3. The smallest absolute Gasteiger partial charge is 0.270 e. The van der Waals surface area contributed by atoms with E-state index in [1.54, 1.807) is 24.3 Å². The molecular weight excluding hydrogens is 254 g/mol. The highest BCUT2D eigenvalue weighted by Gasteiger charge is 2.14. The highest BCUT2D eigenvalue weighted by atomic mass is 16.6. The van der Waals surface area contributed by atoms with Gasteiger partial charge in [-0.05, 0) is 31.2 Å². The molecule has 0 amide bonds. The van der Waals surface area contributed by atoms with Crippen molar-refractivity contribution in [3.05, 3.63) is 52.1 Å². The van der Waals surface area contributed by atoms with Crippen LogP contribution in [0.3, 0.4) is 0 Å². The largest absolute Gasteiger partial charge is 0.341 e. The number of fused-ring (bicyclic) bond motifs is 3. The van der Waals surface area contributed by atoms with Crippen molar-refractivity contribution in [1.29, 1.82) is 5.26 Å². The minimum atomic E-state index is -0.400. The van der Waals surface area contributed by atoms with Crippen LogP contribution in [0.25, 0.3) is 21.8 Å². The van der Waals surface area contributed by atoms with Crippen LogP contribution < -0.4 is 0 Å². The fraction of sp³-hybridized carbons (Fsp3) is 0.133. The Morgan fingerprint density at radius 2 is 1.85 bits per heavy atom. The van der Waals surface area contributed by atoms with Gasteiger partial charge in [-0.3, -0.25) is 10.1 Å². The van der Waals surface area contributed by atoms with Crippen LogP contribution in [0.2, 0.25) is 0 Å². The SMILES string of the molecule is CCn1c2ccc(C#N)cc2c2cc([N+](=O)[O-])ccc21. The second-order valence-corrected chi connectivity index (χ2v) is 4.55. The molecule has 5 nitrogen and oxygen atoms in total. The van der Waals surface area contributed by atoms with E-state index >= 15 is 0 Å². The number of non-ortho nitro benzene ring substituents is 1. The predicted molar refractivity (Wildman–Crippen MR) is 76.5 cm³/mol. The quantitative estimate of drug-likeness (QED) is 0.525. The zero-order chi connectivity index (χ0) is 14.3. The van der Waals surface area contributed by atoms with Gasteiger partial charge in [0.2, 0.25) is 0 Å². The first-order valence-electron chi connectivity index (χ1n) is 6.26. The summed E-state index contributed by atoms with van der Waals surface area (Å²) in [7, 11) is 0. The van der Waals surface area contributed by atoms with Gasteiger partial charge in [-0.1, -0.05) is 0 Å². The lowest BCUT2D eigenvalue weighted by molar-refractivity contribution is -0.384. The van der Waals surface area contributed by atoms with Crippen LogP contribution in [0, 0.1) is 21.4 Å². The first-order chi connectivity index (χ1) is 9.65. The van der Waals surface area contributed by atoms with Crippen molar-refractivity contribution in [1.82, 2.24) is 4.57 Å². The van der Waals surface area contributed by atoms with Crippen molar-refractivity contribution in [3.8, 4) is 6.07 Å². The van der Waals surface area contributed by atoms with Crippen LogP contribution in [0.4, 0.5) is 5.69 Å². The van der Waals surface area contributed by atoms with E-state index in [2.05, 4.69) is 10.6 Å². The average molecular weight is 265 g/mol. The van der Waals surface area contributed by atoms with E-state index in [0.717, 1.165) is 28.4 Å². The molecule has 0 saturated carbocycles. The van der Waals surface area contributed by atoms with Gasteiger partial charge in [0.1, 0.15) is 0 Å². The molecular formula is C15H11N3O2. The molecule has 2 aromatic carbocycles. The molecule has 0 fully saturated rings. The summed E-state index contributed by atoms with van der Waals surface area (Å²) in [6.07, 6.45) is 0. The van der Waals surface area contributed by atoms with E-state index in [0.29, 0.717) is 5.56 Å². The Kier molecular flexibility index (Phi) is 2.65. The van der Waals surface area contributed by atoms with Crippen LogP contribution in [-0.4, -0.2) is 9.49 Å². The molecule has 0 atom stereocenters. The number of nitrogens with zero attached hydrogens (tertiary/aromatic N) is 3. The molecule has 0 bridgehead atoms. The Morgan fingerprint density at radius 3 is 2.45 bits per heavy atom. The lowest BCUT2D eigenvalue weighted by Crippen LogP contribution is -1.93. The maximum atomic E-state index is 10.9. The fourth-order valence-electron chi connectivity index (χ4n) is 2.62. The van der Waals surface area contributed by atoms with Crippen LogP contribution in [0.15, 0.2) is 36.4 Å². The normalized spacial score (nSPS) is 10.8. The molecule has 0 N–H and O–H groups in total. The minimum Gasteiger partial charge on any atom is -0.341 e. The van der Waals surface area contributed by atoms with Crippen LogP contribution in [0.5, 0.6) is 0 Å². The van der Waals surface area contributed by atoms with Crippen molar-refractivity contribution in [2.45, 2.75) is 13.5 Å². The van der Waals surface area contributed by atoms with E-state index in [1.807, 2.05) is 13.0 Å². The second-order valence-electron chi connectivity index (χ2n) is 4.55. The van der Waals surface area contributed by atoms with Gasteiger partial charge in [0.15, 0.2) is 0 Å². The first kappa shape index (κ1) is 12.2. The summed E-state index contributed by atoms with van der Waals surface area (Å²) in [5, 5.41) is 21.6. The summed E-state index contributed by atoms with van der Waals surface area (Å²) in [6.45, 7) is 2.79. The van der Waals surface area contributed by atoms with Crippen molar-refractivity contribution in [3.63, 3.8) is 0 Å². The highest BCUT2D eigenvalue weighted by molar-refractivity contribution is 6.09. The molecule has 0 saturated heterocycles. The van der Waals surface area contributed by atoms with E-state index < -0.39 is 4.92 Å². The number of nitro benzene ring substituents is 1. The molecule has 3 rings (SSSR count). The molecule has 5 heteroatoms. The topological polar surface area (TPSA) is 71.9 Å². The number of nitro groups is 1. The zero-order valence-electron chi connectivity index (χ0n) is 10.8. The third-order valence-electron chi connectivity index (χ3n) is 3.50. The zero-order valence-corrected chi connectivity index (χ0v) is 10.8. The van der Waals surface area contributed by atoms with Gasteiger partial charge in [0.25, 0.3) is 5.69 Å². The van der Waals surface area contributed by atoms with Crippen molar-refractivity contribution >= 4 is 27.5 Å². The molecule has 0 unspecified atom stereocenters. The third kappa shape index (κ3) is 1.62. The second kappa shape index (κ2) is 4.35. The lowest BCUT2D eigenvalue weighted by atomic mass is 10.1. The molecule has 0 aliphatic rings. The van der Waals surface area contributed by atoms with Gasteiger partial charge in [0, 0.05) is 40.5 Å². The average Bonchev–Trinajstić information content (AvgIpc) is 2.79. The van der Waals surface area contributed by atoms with Crippen molar-refractivity contribution in [2.75, 3.05) is 0 Å². The van der Waals surface area contributed by atoms with E-state index in [1.165, 1.54) is 6.07 Å². The summed E-state index contributed by atoms with van der Waals surface area (Å²) < 4.78 is 2.09. The summed E-state index contributed by atoms with van der Waals surface area (Å²) in [5.74, 6) is 0. The Morgan fingerprint density at radius 1 is 1.20 bits per heavy atom. The molecule has 0 spiro atoms. The number of hydrogen-bond acceptors (Lipinski definition) is 3. The number of aromatic nitrogens is 1. The van der Waals surface area contributed by atoms with Gasteiger partial charge in [0.05, 0.1) is 16.6 Å². The molecule has 0 radical (unpaired) electrons. The molecule has 3 aromatic rings. The van der Waals surface area contributed by atoms with Gasteiger partial charge in [-0.25, -0.2) is 0 Å². The minimum absolute atomic E-state index is 0.0648. The van der Waals surface area contributed by atoms with Gasteiger partial charge < -0.3 is 4.57 Å². The first-order valence-corrected chi connectivity index (χ1v) is 6.26. The maximum Gasteiger partial charge on any atom is 0.270 e. The molecule has 0 aliphatic carbocycles.